The summed E-state index contributed by atoms with van der Waals surface area (Å²) in [5.41, 5.74) is 1.78. The second kappa shape index (κ2) is 4.46. The van der Waals surface area contributed by atoms with Crippen molar-refractivity contribution < 1.29 is 4.74 Å². The number of nitroso groups, excluding NO2 is 1. The van der Waals surface area contributed by atoms with Crippen molar-refractivity contribution in [2.45, 2.75) is 31.8 Å². The van der Waals surface area contributed by atoms with Crippen LogP contribution >= 0.6 is 0 Å². The van der Waals surface area contributed by atoms with Gasteiger partial charge in [-0.25, -0.2) is 9.97 Å². The van der Waals surface area contributed by atoms with Crippen LogP contribution in [0.25, 0.3) is 0 Å². The van der Waals surface area contributed by atoms with Crippen LogP contribution in [0.2, 0.25) is 0 Å². The summed E-state index contributed by atoms with van der Waals surface area (Å²) in [6.07, 6.45) is 1.84. The first kappa shape index (κ1) is 10.7. The fourth-order valence-electron chi connectivity index (χ4n) is 2.38. The van der Waals surface area contributed by atoms with E-state index < -0.39 is 0 Å². The molecule has 0 spiro atoms. The van der Waals surface area contributed by atoms with Gasteiger partial charge in [0.1, 0.15) is 5.82 Å². The van der Waals surface area contributed by atoms with Crippen molar-refractivity contribution in [2.24, 2.45) is 5.18 Å². The number of fused-ring (bicyclic) bond motifs is 1. The molecule has 3 heterocycles. The maximum atomic E-state index is 10.8. The van der Waals surface area contributed by atoms with E-state index in [-0.39, 0.29) is 0 Å². The smallest absolute Gasteiger partial charge is 0.204 e. The molecule has 0 amide bonds. The molecule has 1 fully saturated rings. The summed E-state index contributed by atoms with van der Waals surface area (Å²) in [6, 6.07) is 0. The van der Waals surface area contributed by atoms with Gasteiger partial charge in [-0.2, -0.15) is 0 Å². The van der Waals surface area contributed by atoms with E-state index in [0.29, 0.717) is 24.8 Å². The Morgan fingerprint density at radius 2 is 2.06 bits per heavy atom. The lowest BCUT2D eigenvalue weighted by atomic mass is 9.99. The minimum absolute atomic E-state index is 0.301. The molecule has 6 heteroatoms. The zero-order chi connectivity index (χ0) is 11.7. The lowest BCUT2D eigenvalue weighted by Gasteiger charge is -2.21. The summed E-state index contributed by atoms with van der Waals surface area (Å²) in [4.78, 5) is 19.7. The van der Waals surface area contributed by atoms with Gasteiger partial charge < -0.3 is 10.1 Å². The van der Waals surface area contributed by atoms with Crippen LogP contribution in [-0.2, 0) is 17.8 Å². The lowest BCUT2D eigenvalue weighted by Crippen LogP contribution is -2.17. The number of hydrogen-bond donors (Lipinski definition) is 1. The van der Waals surface area contributed by atoms with Crippen molar-refractivity contribution in [2.75, 3.05) is 13.2 Å². The molecule has 0 bridgehead atoms. The molecule has 1 aromatic rings. The van der Waals surface area contributed by atoms with Crippen molar-refractivity contribution in [3.63, 3.8) is 0 Å². The van der Waals surface area contributed by atoms with Crippen LogP contribution in [0.1, 0.15) is 35.8 Å². The van der Waals surface area contributed by atoms with Crippen LogP contribution in [0.15, 0.2) is 5.18 Å². The molecule has 1 aromatic heterocycles. The second-order valence-corrected chi connectivity index (χ2v) is 4.41. The molecule has 1 saturated heterocycles. The SMILES string of the molecule is O=Nc1nc(C2CCOCC2)nc2c1CNC2. The van der Waals surface area contributed by atoms with Crippen molar-refractivity contribution in [1.29, 1.82) is 0 Å². The zero-order valence-electron chi connectivity index (χ0n) is 9.48. The van der Waals surface area contributed by atoms with E-state index in [9.17, 15) is 4.91 Å². The average Bonchev–Trinajstić information content (AvgIpc) is 2.86. The average molecular weight is 234 g/mol. The summed E-state index contributed by atoms with van der Waals surface area (Å²) in [5, 5.41) is 6.19. The number of rotatable bonds is 2. The molecule has 0 aromatic carbocycles. The van der Waals surface area contributed by atoms with Crippen LogP contribution in [0.5, 0.6) is 0 Å². The Labute approximate surface area is 98.8 Å². The number of ether oxygens (including phenoxy) is 1. The predicted octanol–water partition coefficient (Wildman–Crippen LogP) is 1.37. The van der Waals surface area contributed by atoms with Gasteiger partial charge in [-0.05, 0) is 18.0 Å². The number of aromatic nitrogens is 2. The van der Waals surface area contributed by atoms with Crippen LogP contribution in [-0.4, -0.2) is 23.2 Å². The fraction of sp³-hybridized carbons (Fsp3) is 0.636. The molecule has 1 N–H and O–H groups in total. The summed E-state index contributed by atoms with van der Waals surface area (Å²) < 4.78 is 5.32. The largest absolute Gasteiger partial charge is 0.381 e. The van der Waals surface area contributed by atoms with Crippen molar-refractivity contribution in [1.82, 2.24) is 15.3 Å². The summed E-state index contributed by atoms with van der Waals surface area (Å²) >= 11 is 0. The Morgan fingerprint density at radius 3 is 2.82 bits per heavy atom. The molecule has 3 rings (SSSR count). The molecular weight excluding hydrogens is 220 g/mol. The summed E-state index contributed by atoms with van der Waals surface area (Å²) in [7, 11) is 0. The van der Waals surface area contributed by atoms with Gasteiger partial charge in [0.2, 0.25) is 5.82 Å². The van der Waals surface area contributed by atoms with E-state index in [1.54, 1.807) is 0 Å². The molecule has 90 valence electrons. The van der Waals surface area contributed by atoms with Crippen molar-refractivity contribution >= 4 is 5.82 Å². The normalized spacial score (nSPS) is 20.2. The predicted molar refractivity (Wildman–Crippen MR) is 60.8 cm³/mol. The highest BCUT2D eigenvalue weighted by molar-refractivity contribution is 5.43. The highest BCUT2D eigenvalue weighted by Crippen LogP contribution is 2.29. The van der Waals surface area contributed by atoms with Crippen LogP contribution in [0, 0.1) is 4.91 Å². The lowest BCUT2D eigenvalue weighted by molar-refractivity contribution is 0.0835. The molecule has 2 aliphatic heterocycles. The van der Waals surface area contributed by atoms with Gasteiger partial charge in [-0.3, -0.25) is 0 Å². The first-order chi connectivity index (χ1) is 8.38. The maximum absolute atomic E-state index is 10.8. The molecule has 0 atom stereocenters. The Balaban J connectivity index is 1.97. The molecular formula is C11H14N4O2. The van der Waals surface area contributed by atoms with Crippen LogP contribution < -0.4 is 5.32 Å². The van der Waals surface area contributed by atoms with E-state index >= 15 is 0 Å². The molecule has 0 aliphatic carbocycles. The van der Waals surface area contributed by atoms with E-state index in [2.05, 4.69) is 20.5 Å². The molecule has 0 unspecified atom stereocenters. The Hall–Kier alpha value is -1.40. The van der Waals surface area contributed by atoms with Crippen LogP contribution in [0.4, 0.5) is 5.82 Å². The van der Waals surface area contributed by atoms with Crippen molar-refractivity contribution in [3.05, 3.63) is 22.0 Å². The maximum Gasteiger partial charge on any atom is 0.204 e. The van der Waals surface area contributed by atoms with Gasteiger partial charge in [0.25, 0.3) is 0 Å². The highest BCUT2D eigenvalue weighted by Gasteiger charge is 2.24. The minimum Gasteiger partial charge on any atom is -0.381 e. The zero-order valence-corrected chi connectivity index (χ0v) is 9.48. The third-order valence-corrected chi connectivity index (χ3v) is 3.36. The third kappa shape index (κ3) is 1.94. The van der Waals surface area contributed by atoms with E-state index in [1.165, 1.54) is 0 Å². The minimum atomic E-state index is 0.301. The molecule has 2 aliphatic rings. The van der Waals surface area contributed by atoms with Gasteiger partial charge in [-0.15, -0.1) is 4.91 Å². The summed E-state index contributed by atoms with van der Waals surface area (Å²) in [6.45, 7) is 2.83. The fourth-order valence-corrected chi connectivity index (χ4v) is 2.38. The topological polar surface area (TPSA) is 76.5 Å². The number of nitrogens with zero attached hydrogens (tertiary/aromatic N) is 3. The third-order valence-electron chi connectivity index (χ3n) is 3.36. The highest BCUT2D eigenvalue weighted by atomic mass is 16.5. The van der Waals surface area contributed by atoms with Crippen molar-refractivity contribution in [3.8, 4) is 0 Å². The van der Waals surface area contributed by atoms with Crippen LogP contribution in [0.3, 0.4) is 0 Å². The molecule has 0 radical (unpaired) electrons. The van der Waals surface area contributed by atoms with Gasteiger partial charge in [0.15, 0.2) is 0 Å². The van der Waals surface area contributed by atoms with E-state index in [0.717, 1.165) is 43.1 Å². The first-order valence-electron chi connectivity index (χ1n) is 5.90. The van der Waals surface area contributed by atoms with Gasteiger partial charge in [0.05, 0.1) is 5.69 Å². The number of hydrogen-bond acceptors (Lipinski definition) is 6. The van der Waals surface area contributed by atoms with Gasteiger partial charge in [0, 0.05) is 37.8 Å². The summed E-state index contributed by atoms with van der Waals surface area (Å²) in [5.74, 6) is 1.36. The monoisotopic (exact) mass is 234 g/mol. The van der Waals surface area contributed by atoms with E-state index in [1.807, 2.05) is 0 Å². The first-order valence-corrected chi connectivity index (χ1v) is 5.90. The Bertz CT molecular complexity index is 443. The molecule has 17 heavy (non-hydrogen) atoms. The Morgan fingerprint density at radius 1 is 1.24 bits per heavy atom. The Kier molecular flexibility index (Phi) is 2.82. The quantitative estimate of drug-likeness (QED) is 0.782. The molecule has 6 nitrogen and oxygen atoms in total. The van der Waals surface area contributed by atoms with E-state index in [4.69, 9.17) is 4.74 Å². The number of nitrogens with one attached hydrogen (secondary N) is 1. The van der Waals surface area contributed by atoms with Gasteiger partial charge >= 0.3 is 0 Å². The molecule has 0 saturated carbocycles. The van der Waals surface area contributed by atoms with Gasteiger partial charge in [-0.1, -0.05) is 0 Å². The second-order valence-electron chi connectivity index (χ2n) is 4.41. The standard InChI is InChI=1S/C11H14N4O2/c16-15-11-8-5-12-6-9(8)13-10(14-11)7-1-3-17-4-2-7/h7,12H,1-6H2.